The molecule has 1 nitrogen and oxygen atoms in total. The van der Waals surface area contributed by atoms with Crippen LogP contribution in [0.1, 0.15) is 18.4 Å². The second-order valence-electron chi connectivity index (χ2n) is 3.87. The zero-order valence-corrected chi connectivity index (χ0v) is 9.44. The highest BCUT2D eigenvalue weighted by atomic mass is 32.2. The summed E-state index contributed by atoms with van der Waals surface area (Å²) in [5.74, 6) is 1.21. The van der Waals surface area contributed by atoms with E-state index in [1.165, 1.54) is 35.6 Å². The molecule has 0 bridgehead atoms. The van der Waals surface area contributed by atoms with Gasteiger partial charge in [0, 0.05) is 16.7 Å². The normalized spacial score (nSPS) is 21.4. The van der Waals surface area contributed by atoms with Crippen molar-refractivity contribution in [3.8, 4) is 0 Å². The van der Waals surface area contributed by atoms with Gasteiger partial charge in [-0.25, -0.2) is 0 Å². The lowest BCUT2D eigenvalue weighted by molar-refractivity contribution is 0.674. The van der Waals surface area contributed by atoms with Crippen molar-refractivity contribution in [2.75, 3.05) is 12.3 Å². The molecule has 1 heterocycles. The number of thioether (sulfide) groups is 1. The molecule has 1 saturated heterocycles. The average molecular weight is 207 g/mol. The number of aryl methyl sites for hydroxylation is 1. The van der Waals surface area contributed by atoms with Gasteiger partial charge in [-0.05, 0) is 37.9 Å². The maximum absolute atomic E-state index is 3.53. The van der Waals surface area contributed by atoms with E-state index < -0.39 is 0 Å². The highest BCUT2D eigenvalue weighted by Crippen LogP contribution is 2.24. The first-order chi connectivity index (χ1) is 6.86. The molecule has 1 aromatic rings. The Hall–Kier alpha value is -0.470. The molecule has 0 aromatic heterocycles. The highest BCUT2D eigenvalue weighted by Gasteiger charge is 2.13. The third-order valence-corrected chi connectivity index (χ3v) is 4.03. The quantitative estimate of drug-likeness (QED) is 0.765. The van der Waals surface area contributed by atoms with Crippen LogP contribution in [0.2, 0.25) is 0 Å². The lowest BCUT2D eigenvalue weighted by atomic mass is 10.2. The van der Waals surface area contributed by atoms with Crippen LogP contribution in [0.4, 0.5) is 0 Å². The van der Waals surface area contributed by atoms with Crippen LogP contribution in [0.25, 0.3) is 0 Å². The van der Waals surface area contributed by atoms with Crippen LogP contribution in [0, 0.1) is 6.92 Å². The molecule has 0 spiro atoms. The van der Waals surface area contributed by atoms with Crippen LogP contribution in [-0.2, 0) is 0 Å². The first kappa shape index (κ1) is 10.1. The van der Waals surface area contributed by atoms with Crippen molar-refractivity contribution >= 4 is 11.8 Å². The molecule has 1 atom stereocenters. The van der Waals surface area contributed by atoms with Crippen molar-refractivity contribution in [3.63, 3.8) is 0 Å². The molecule has 14 heavy (non-hydrogen) atoms. The van der Waals surface area contributed by atoms with Gasteiger partial charge in [0.15, 0.2) is 0 Å². The molecule has 0 amide bonds. The van der Waals surface area contributed by atoms with Crippen LogP contribution in [0.5, 0.6) is 0 Å². The summed E-state index contributed by atoms with van der Waals surface area (Å²) in [5.41, 5.74) is 1.40. The summed E-state index contributed by atoms with van der Waals surface area (Å²) in [6.07, 6.45) is 2.69. The van der Waals surface area contributed by atoms with Crippen molar-refractivity contribution < 1.29 is 0 Å². The molecule has 1 N–H and O–H groups in total. The number of nitrogens with one attached hydrogen (secondary N) is 1. The Bertz CT molecular complexity index is 292. The van der Waals surface area contributed by atoms with Crippen LogP contribution in [-0.4, -0.2) is 18.3 Å². The first-order valence-corrected chi connectivity index (χ1v) is 6.26. The van der Waals surface area contributed by atoms with E-state index in [9.17, 15) is 0 Å². The maximum Gasteiger partial charge on any atom is 0.0162 e. The lowest BCUT2D eigenvalue weighted by Gasteiger charge is -2.10. The Morgan fingerprint density at radius 2 is 2.29 bits per heavy atom. The van der Waals surface area contributed by atoms with Crippen LogP contribution in [0.15, 0.2) is 29.2 Å². The summed E-state index contributed by atoms with van der Waals surface area (Å²) in [6, 6.07) is 9.36. The molecular formula is C12H17NS. The van der Waals surface area contributed by atoms with Gasteiger partial charge in [-0.2, -0.15) is 0 Å². The Balaban J connectivity index is 1.88. The maximum atomic E-state index is 3.53. The van der Waals surface area contributed by atoms with Crippen molar-refractivity contribution in [2.24, 2.45) is 0 Å². The highest BCUT2D eigenvalue weighted by molar-refractivity contribution is 7.99. The van der Waals surface area contributed by atoms with E-state index in [-0.39, 0.29) is 0 Å². The van der Waals surface area contributed by atoms with Gasteiger partial charge in [0.05, 0.1) is 0 Å². The van der Waals surface area contributed by atoms with Gasteiger partial charge in [-0.15, -0.1) is 11.8 Å². The Morgan fingerprint density at radius 3 is 3.00 bits per heavy atom. The van der Waals surface area contributed by atoms with Gasteiger partial charge >= 0.3 is 0 Å². The summed E-state index contributed by atoms with van der Waals surface area (Å²) in [7, 11) is 0. The molecule has 1 fully saturated rings. The van der Waals surface area contributed by atoms with Crippen molar-refractivity contribution in [1.82, 2.24) is 5.32 Å². The second kappa shape index (κ2) is 4.85. The van der Waals surface area contributed by atoms with Gasteiger partial charge in [0.1, 0.15) is 0 Å². The predicted molar refractivity (Wildman–Crippen MR) is 62.9 cm³/mol. The Morgan fingerprint density at radius 1 is 1.43 bits per heavy atom. The standard InChI is InChI=1S/C12H17NS/c1-10-5-2-3-7-12(10)14-9-11-6-4-8-13-11/h2-3,5,7,11,13H,4,6,8-9H2,1H3/t11-/m1/s1. The third-order valence-electron chi connectivity index (χ3n) is 2.70. The van der Waals surface area contributed by atoms with Crippen LogP contribution in [0.3, 0.4) is 0 Å². The van der Waals surface area contributed by atoms with E-state index in [0.29, 0.717) is 0 Å². The fraction of sp³-hybridized carbons (Fsp3) is 0.500. The predicted octanol–water partition coefficient (Wildman–Crippen LogP) is 2.84. The molecule has 2 rings (SSSR count). The van der Waals surface area contributed by atoms with E-state index >= 15 is 0 Å². The number of benzene rings is 1. The first-order valence-electron chi connectivity index (χ1n) is 5.28. The lowest BCUT2D eigenvalue weighted by Crippen LogP contribution is -2.23. The summed E-state index contributed by atoms with van der Waals surface area (Å²) in [6.45, 7) is 3.39. The topological polar surface area (TPSA) is 12.0 Å². The zero-order valence-electron chi connectivity index (χ0n) is 8.62. The minimum absolute atomic E-state index is 0.736. The van der Waals surface area contributed by atoms with Gasteiger partial charge in [-0.3, -0.25) is 0 Å². The van der Waals surface area contributed by atoms with Crippen LogP contribution >= 0.6 is 11.8 Å². The summed E-state index contributed by atoms with van der Waals surface area (Å²) in [5, 5.41) is 3.53. The minimum atomic E-state index is 0.736. The van der Waals surface area contributed by atoms with Gasteiger partial charge in [-0.1, -0.05) is 18.2 Å². The Labute approximate surface area is 90.3 Å². The number of hydrogen-bond donors (Lipinski definition) is 1. The fourth-order valence-corrected chi connectivity index (χ4v) is 2.94. The van der Waals surface area contributed by atoms with Crippen molar-refractivity contribution in [2.45, 2.75) is 30.7 Å². The number of hydrogen-bond acceptors (Lipinski definition) is 2. The SMILES string of the molecule is Cc1ccccc1SC[C@H]1CCCN1. The van der Waals surface area contributed by atoms with Crippen molar-refractivity contribution in [3.05, 3.63) is 29.8 Å². The third kappa shape index (κ3) is 2.52. The fourth-order valence-electron chi connectivity index (χ4n) is 1.81. The van der Waals surface area contributed by atoms with Gasteiger partial charge < -0.3 is 5.32 Å². The zero-order chi connectivity index (χ0) is 9.80. The molecule has 76 valence electrons. The molecule has 1 aromatic carbocycles. The summed E-state index contributed by atoms with van der Waals surface area (Å²) in [4.78, 5) is 1.43. The van der Waals surface area contributed by atoms with E-state index in [0.717, 1.165) is 6.04 Å². The minimum Gasteiger partial charge on any atom is -0.313 e. The van der Waals surface area contributed by atoms with E-state index in [1.807, 2.05) is 11.8 Å². The molecular weight excluding hydrogens is 190 g/mol. The van der Waals surface area contributed by atoms with E-state index in [1.54, 1.807) is 0 Å². The van der Waals surface area contributed by atoms with Gasteiger partial charge in [0.25, 0.3) is 0 Å². The molecule has 0 unspecified atom stereocenters. The molecule has 2 heteroatoms. The van der Waals surface area contributed by atoms with E-state index in [2.05, 4.69) is 36.5 Å². The monoisotopic (exact) mass is 207 g/mol. The van der Waals surface area contributed by atoms with Gasteiger partial charge in [0.2, 0.25) is 0 Å². The molecule has 0 saturated carbocycles. The number of rotatable bonds is 3. The average Bonchev–Trinajstić information content (AvgIpc) is 2.69. The smallest absolute Gasteiger partial charge is 0.0162 e. The largest absolute Gasteiger partial charge is 0.313 e. The Kier molecular flexibility index (Phi) is 3.49. The van der Waals surface area contributed by atoms with Crippen molar-refractivity contribution in [1.29, 1.82) is 0 Å². The molecule has 1 aliphatic heterocycles. The second-order valence-corrected chi connectivity index (χ2v) is 4.93. The molecule has 0 aliphatic carbocycles. The summed E-state index contributed by atoms with van der Waals surface area (Å²) >= 11 is 1.98. The molecule has 1 aliphatic rings. The summed E-state index contributed by atoms with van der Waals surface area (Å²) < 4.78 is 0. The van der Waals surface area contributed by atoms with Crippen LogP contribution < -0.4 is 5.32 Å². The molecule has 0 radical (unpaired) electrons. The van der Waals surface area contributed by atoms with E-state index in [4.69, 9.17) is 0 Å².